The summed E-state index contributed by atoms with van der Waals surface area (Å²) in [5.41, 5.74) is 1.54. The van der Waals surface area contributed by atoms with Crippen molar-refractivity contribution in [3.8, 4) is 17.6 Å². The van der Waals surface area contributed by atoms with E-state index in [1.54, 1.807) is 42.7 Å². The first-order valence-corrected chi connectivity index (χ1v) is 7.18. The molecule has 0 radical (unpaired) electrons. The van der Waals surface area contributed by atoms with Gasteiger partial charge in [-0.25, -0.2) is 0 Å². The number of amides is 1. The molecule has 0 saturated heterocycles. The van der Waals surface area contributed by atoms with Gasteiger partial charge in [0.1, 0.15) is 23.1 Å². The third-order valence-corrected chi connectivity index (χ3v) is 3.25. The number of nitrogens with one attached hydrogen (secondary N) is 1. The number of ether oxygens (including phenoxy) is 2. The van der Waals surface area contributed by atoms with Gasteiger partial charge in [-0.05, 0) is 41.5 Å². The molecule has 0 fully saturated rings. The van der Waals surface area contributed by atoms with Crippen LogP contribution in [0.3, 0.4) is 0 Å². The average Bonchev–Trinajstić information content (AvgIpc) is 2.64. The first kappa shape index (κ1) is 17.0. The van der Waals surface area contributed by atoms with E-state index in [0.29, 0.717) is 23.6 Å². The van der Waals surface area contributed by atoms with Gasteiger partial charge in [-0.1, -0.05) is 0 Å². The second-order valence-electron chi connectivity index (χ2n) is 4.85. The molecule has 0 saturated carbocycles. The van der Waals surface area contributed by atoms with E-state index < -0.39 is 5.91 Å². The van der Waals surface area contributed by atoms with Gasteiger partial charge >= 0.3 is 0 Å². The number of nitriles is 1. The van der Waals surface area contributed by atoms with E-state index in [9.17, 15) is 10.1 Å². The zero-order valence-electron chi connectivity index (χ0n) is 13.4. The van der Waals surface area contributed by atoms with Crippen molar-refractivity contribution in [3.05, 3.63) is 59.4 Å². The summed E-state index contributed by atoms with van der Waals surface area (Å²) in [4.78, 5) is 16.1. The molecule has 6 nitrogen and oxygen atoms in total. The number of rotatable bonds is 6. The van der Waals surface area contributed by atoms with Crippen molar-refractivity contribution < 1.29 is 14.3 Å². The topological polar surface area (TPSA) is 84.2 Å². The smallest absolute Gasteiger partial charge is 0.262 e. The number of carbonyl (C=O) groups excluding carboxylic acids is 1. The highest BCUT2D eigenvalue weighted by atomic mass is 16.5. The van der Waals surface area contributed by atoms with Crippen LogP contribution in [0.5, 0.6) is 11.5 Å². The van der Waals surface area contributed by atoms with Gasteiger partial charge in [-0.3, -0.25) is 9.78 Å². The summed E-state index contributed by atoms with van der Waals surface area (Å²) >= 11 is 0. The van der Waals surface area contributed by atoms with Gasteiger partial charge in [0, 0.05) is 25.0 Å². The van der Waals surface area contributed by atoms with Crippen molar-refractivity contribution in [2.75, 3.05) is 14.2 Å². The zero-order valence-corrected chi connectivity index (χ0v) is 13.4. The molecule has 0 unspecified atom stereocenters. The fraction of sp³-hybridized carbons (Fsp3) is 0.167. The summed E-state index contributed by atoms with van der Waals surface area (Å²) in [7, 11) is 3.07. The normalized spacial score (nSPS) is 10.6. The van der Waals surface area contributed by atoms with Gasteiger partial charge in [-0.15, -0.1) is 0 Å². The van der Waals surface area contributed by atoms with E-state index in [-0.39, 0.29) is 5.57 Å². The molecule has 0 bridgehead atoms. The minimum absolute atomic E-state index is 0.000591. The van der Waals surface area contributed by atoms with Gasteiger partial charge < -0.3 is 14.8 Å². The molecule has 1 aromatic carbocycles. The Morgan fingerprint density at radius 1 is 1.21 bits per heavy atom. The molecular formula is C18H17N3O3. The molecule has 1 N–H and O–H groups in total. The Hall–Kier alpha value is -3.33. The third kappa shape index (κ3) is 4.58. The summed E-state index contributed by atoms with van der Waals surface area (Å²) < 4.78 is 10.4. The van der Waals surface area contributed by atoms with E-state index in [2.05, 4.69) is 10.3 Å². The first-order chi connectivity index (χ1) is 11.7. The van der Waals surface area contributed by atoms with Crippen LogP contribution in [0.25, 0.3) is 6.08 Å². The molecule has 0 aliphatic heterocycles. The SMILES string of the molecule is COc1cc(/C=C(\C#N)C(=O)NCc2ccncc2)cc(OC)c1. The van der Waals surface area contributed by atoms with Crippen molar-refractivity contribution in [2.24, 2.45) is 0 Å². The first-order valence-electron chi connectivity index (χ1n) is 7.18. The van der Waals surface area contributed by atoms with Crippen LogP contribution >= 0.6 is 0 Å². The van der Waals surface area contributed by atoms with Crippen LogP contribution < -0.4 is 14.8 Å². The van der Waals surface area contributed by atoms with Crippen LogP contribution in [-0.4, -0.2) is 25.1 Å². The quantitative estimate of drug-likeness (QED) is 0.651. The van der Waals surface area contributed by atoms with Crippen LogP contribution in [-0.2, 0) is 11.3 Å². The summed E-state index contributed by atoms with van der Waals surface area (Å²) in [5, 5.41) is 12.0. The number of methoxy groups -OCH3 is 2. The number of hydrogen-bond acceptors (Lipinski definition) is 5. The zero-order chi connectivity index (χ0) is 17.4. The highest BCUT2D eigenvalue weighted by Crippen LogP contribution is 2.24. The third-order valence-electron chi connectivity index (χ3n) is 3.25. The molecule has 1 heterocycles. The largest absolute Gasteiger partial charge is 0.497 e. The number of aromatic nitrogens is 1. The number of pyridine rings is 1. The fourth-order valence-electron chi connectivity index (χ4n) is 2.01. The van der Waals surface area contributed by atoms with Crippen LogP contribution in [0.4, 0.5) is 0 Å². The molecule has 0 spiro atoms. The Labute approximate surface area is 140 Å². The maximum absolute atomic E-state index is 12.2. The standard InChI is InChI=1S/C18H17N3O3/c1-23-16-8-14(9-17(10-16)24-2)7-15(11-19)18(22)21-12-13-3-5-20-6-4-13/h3-10H,12H2,1-2H3,(H,21,22)/b15-7+. The van der Waals surface area contributed by atoms with Gasteiger partial charge in [0.25, 0.3) is 5.91 Å². The van der Waals surface area contributed by atoms with Crippen LogP contribution in [0, 0.1) is 11.3 Å². The number of carbonyl (C=O) groups is 1. The minimum atomic E-state index is -0.448. The molecule has 24 heavy (non-hydrogen) atoms. The Morgan fingerprint density at radius 3 is 2.38 bits per heavy atom. The fourth-order valence-corrected chi connectivity index (χ4v) is 2.01. The predicted octanol–water partition coefficient (Wildman–Crippen LogP) is 2.32. The minimum Gasteiger partial charge on any atom is -0.497 e. The van der Waals surface area contributed by atoms with E-state index in [1.165, 1.54) is 20.3 Å². The molecule has 0 atom stereocenters. The molecule has 1 amide bonds. The lowest BCUT2D eigenvalue weighted by Crippen LogP contribution is -2.23. The summed E-state index contributed by atoms with van der Waals surface area (Å²) in [6, 6.07) is 10.7. The lowest BCUT2D eigenvalue weighted by atomic mass is 10.1. The number of benzene rings is 1. The molecule has 122 valence electrons. The highest BCUT2D eigenvalue weighted by molar-refractivity contribution is 6.01. The van der Waals surface area contributed by atoms with Crippen molar-refractivity contribution in [1.29, 1.82) is 5.26 Å². The summed E-state index contributed by atoms with van der Waals surface area (Å²) in [5.74, 6) is 0.710. The Morgan fingerprint density at radius 2 is 1.83 bits per heavy atom. The van der Waals surface area contributed by atoms with Crippen molar-refractivity contribution >= 4 is 12.0 Å². The highest BCUT2D eigenvalue weighted by Gasteiger charge is 2.10. The molecule has 2 aromatic rings. The van der Waals surface area contributed by atoms with Crippen LogP contribution in [0.15, 0.2) is 48.3 Å². The van der Waals surface area contributed by atoms with Crippen molar-refractivity contribution in [3.63, 3.8) is 0 Å². The number of nitrogens with zero attached hydrogens (tertiary/aromatic N) is 2. The Kier molecular flexibility index (Phi) is 5.92. The van der Waals surface area contributed by atoms with Gasteiger partial charge in [0.15, 0.2) is 0 Å². The van der Waals surface area contributed by atoms with Crippen LogP contribution in [0.1, 0.15) is 11.1 Å². The van der Waals surface area contributed by atoms with Crippen LogP contribution in [0.2, 0.25) is 0 Å². The lowest BCUT2D eigenvalue weighted by Gasteiger charge is -2.07. The Balaban J connectivity index is 2.16. The van der Waals surface area contributed by atoms with E-state index in [1.807, 2.05) is 6.07 Å². The lowest BCUT2D eigenvalue weighted by molar-refractivity contribution is -0.117. The molecule has 6 heteroatoms. The van der Waals surface area contributed by atoms with Gasteiger partial charge in [0.05, 0.1) is 14.2 Å². The van der Waals surface area contributed by atoms with E-state index in [4.69, 9.17) is 9.47 Å². The Bertz CT molecular complexity index is 758. The monoisotopic (exact) mass is 323 g/mol. The van der Waals surface area contributed by atoms with E-state index in [0.717, 1.165) is 5.56 Å². The second-order valence-corrected chi connectivity index (χ2v) is 4.85. The van der Waals surface area contributed by atoms with E-state index >= 15 is 0 Å². The summed E-state index contributed by atoms with van der Waals surface area (Å²) in [6.07, 6.45) is 4.78. The van der Waals surface area contributed by atoms with Crippen molar-refractivity contribution in [2.45, 2.75) is 6.54 Å². The predicted molar refractivity (Wildman–Crippen MR) is 89.2 cm³/mol. The molecular weight excluding hydrogens is 306 g/mol. The molecule has 0 aliphatic carbocycles. The van der Waals surface area contributed by atoms with Crippen molar-refractivity contribution in [1.82, 2.24) is 10.3 Å². The number of hydrogen-bond donors (Lipinski definition) is 1. The molecule has 1 aromatic heterocycles. The second kappa shape index (κ2) is 8.34. The van der Waals surface area contributed by atoms with Gasteiger partial charge in [-0.2, -0.15) is 5.26 Å². The maximum atomic E-state index is 12.2. The molecule has 0 aliphatic rings. The van der Waals surface area contributed by atoms with Gasteiger partial charge in [0.2, 0.25) is 0 Å². The summed E-state index contributed by atoms with van der Waals surface area (Å²) in [6.45, 7) is 0.321. The molecule has 2 rings (SSSR count). The maximum Gasteiger partial charge on any atom is 0.262 e. The average molecular weight is 323 g/mol.